The fourth-order valence-corrected chi connectivity index (χ4v) is 1.87. The van der Waals surface area contributed by atoms with Crippen molar-refractivity contribution in [1.29, 1.82) is 0 Å². The highest BCUT2D eigenvalue weighted by Gasteiger charge is 2.17. The third-order valence-corrected chi connectivity index (χ3v) is 2.58. The molecule has 0 aliphatic heterocycles. The monoisotopic (exact) mass is 215 g/mol. The van der Waals surface area contributed by atoms with E-state index in [9.17, 15) is 9.59 Å². The molecule has 0 bridgehead atoms. The van der Waals surface area contributed by atoms with Crippen molar-refractivity contribution in [1.82, 2.24) is 5.48 Å². The number of carbonyl (C=O) groups is 2. The fraction of sp³-hybridized carbons (Fsp3) is 0.800. The fourth-order valence-electron chi connectivity index (χ4n) is 1.87. The summed E-state index contributed by atoms with van der Waals surface area (Å²) < 4.78 is 0. The van der Waals surface area contributed by atoms with Crippen molar-refractivity contribution in [2.75, 3.05) is 6.61 Å². The number of nitrogens with one attached hydrogen (secondary N) is 1. The number of hydrogen-bond donors (Lipinski definition) is 2. The minimum atomic E-state index is -1.09. The van der Waals surface area contributed by atoms with Gasteiger partial charge >= 0.3 is 5.97 Å². The first-order chi connectivity index (χ1) is 7.18. The van der Waals surface area contributed by atoms with Gasteiger partial charge in [0.2, 0.25) is 5.91 Å². The SMILES string of the molecule is O=C(O)CONC(=O)CC1CCCCC1. The molecule has 0 aromatic heterocycles. The summed E-state index contributed by atoms with van der Waals surface area (Å²) in [5.41, 5.74) is 2.14. The Labute approximate surface area is 88.8 Å². The molecule has 0 unspecified atom stereocenters. The van der Waals surface area contributed by atoms with Crippen molar-refractivity contribution in [2.24, 2.45) is 5.92 Å². The highest BCUT2D eigenvalue weighted by Crippen LogP contribution is 2.25. The van der Waals surface area contributed by atoms with E-state index >= 15 is 0 Å². The molecule has 5 heteroatoms. The van der Waals surface area contributed by atoms with Gasteiger partial charge in [-0.05, 0) is 18.8 Å². The number of carbonyl (C=O) groups excluding carboxylic acids is 1. The molecule has 2 N–H and O–H groups in total. The lowest BCUT2D eigenvalue weighted by Crippen LogP contribution is -2.28. The maximum absolute atomic E-state index is 11.3. The van der Waals surface area contributed by atoms with E-state index in [-0.39, 0.29) is 5.91 Å². The van der Waals surface area contributed by atoms with Crippen LogP contribution in [0.25, 0.3) is 0 Å². The second-order valence-corrected chi connectivity index (χ2v) is 3.92. The van der Waals surface area contributed by atoms with Gasteiger partial charge in [-0.15, -0.1) is 0 Å². The molecule has 0 radical (unpaired) electrons. The number of rotatable bonds is 5. The Morgan fingerprint density at radius 1 is 1.27 bits per heavy atom. The molecule has 1 amide bonds. The van der Waals surface area contributed by atoms with Crippen LogP contribution in [0.15, 0.2) is 0 Å². The van der Waals surface area contributed by atoms with Gasteiger partial charge in [-0.2, -0.15) is 0 Å². The number of amides is 1. The van der Waals surface area contributed by atoms with Crippen molar-refractivity contribution in [3.8, 4) is 0 Å². The smallest absolute Gasteiger partial charge is 0.332 e. The van der Waals surface area contributed by atoms with Gasteiger partial charge in [-0.1, -0.05) is 19.3 Å². The molecule has 5 nitrogen and oxygen atoms in total. The largest absolute Gasteiger partial charge is 0.479 e. The molecule has 0 atom stereocenters. The summed E-state index contributed by atoms with van der Waals surface area (Å²) in [5.74, 6) is -0.872. The van der Waals surface area contributed by atoms with E-state index < -0.39 is 12.6 Å². The standard InChI is InChI=1S/C10H17NO4/c12-9(11-15-7-10(13)14)6-8-4-2-1-3-5-8/h8H,1-7H2,(H,11,12)(H,13,14). The Hall–Kier alpha value is -1.10. The van der Waals surface area contributed by atoms with Gasteiger partial charge < -0.3 is 5.11 Å². The molecule has 0 spiro atoms. The van der Waals surface area contributed by atoms with Crippen LogP contribution in [0.1, 0.15) is 38.5 Å². The topological polar surface area (TPSA) is 75.6 Å². The Balaban J connectivity index is 2.09. The maximum atomic E-state index is 11.3. The van der Waals surface area contributed by atoms with Gasteiger partial charge in [0.15, 0.2) is 6.61 Å². The van der Waals surface area contributed by atoms with Gasteiger partial charge in [0.05, 0.1) is 0 Å². The van der Waals surface area contributed by atoms with E-state index in [1.54, 1.807) is 0 Å². The second-order valence-electron chi connectivity index (χ2n) is 3.92. The molecule has 1 aliphatic rings. The van der Waals surface area contributed by atoms with E-state index in [0.29, 0.717) is 12.3 Å². The molecule has 0 saturated heterocycles. The Morgan fingerprint density at radius 3 is 2.53 bits per heavy atom. The molecular formula is C10H17NO4. The van der Waals surface area contributed by atoms with E-state index in [1.807, 2.05) is 0 Å². The molecule has 1 rings (SSSR count). The Bertz CT molecular complexity index is 223. The summed E-state index contributed by atoms with van der Waals surface area (Å²) >= 11 is 0. The zero-order valence-corrected chi connectivity index (χ0v) is 8.70. The molecule has 86 valence electrons. The van der Waals surface area contributed by atoms with E-state index in [4.69, 9.17) is 5.11 Å². The van der Waals surface area contributed by atoms with Gasteiger partial charge in [-0.3, -0.25) is 9.63 Å². The summed E-state index contributed by atoms with van der Waals surface area (Å²) in [7, 11) is 0. The first-order valence-corrected chi connectivity index (χ1v) is 5.31. The molecule has 1 aliphatic carbocycles. The van der Waals surface area contributed by atoms with Crippen LogP contribution >= 0.6 is 0 Å². The zero-order chi connectivity index (χ0) is 11.1. The van der Waals surface area contributed by atoms with Crippen molar-refractivity contribution in [3.05, 3.63) is 0 Å². The minimum Gasteiger partial charge on any atom is -0.479 e. The highest BCUT2D eigenvalue weighted by atomic mass is 16.7. The molecular weight excluding hydrogens is 198 g/mol. The molecule has 1 saturated carbocycles. The third-order valence-electron chi connectivity index (χ3n) is 2.58. The summed E-state index contributed by atoms with van der Waals surface area (Å²) in [6.45, 7) is -0.490. The number of hydroxylamine groups is 1. The predicted octanol–water partition coefficient (Wildman–Crippen LogP) is 1.09. The zero-order valence-electron chi connectivity index (χ0n) is 8.70. The normalized spacial score (nSPS) is 17.3. The Kier molecular flexibility index (Phi) is 5.10. The molecule has 0 heterocycles. The van der Waals surface area contributed by atoms with Crippen molar-refractivity contribution in [3.63, 3.8) is 0 Å². The van der Waals surface area contributed by atoms with Crippen LogP contribution in [-0.4, -0.2) is 23.6 Å². The number of hydrogen-bond acceptors (Lipinski definition) is 3. The van der Waals surface area contributed by atoms with Crippen molar-refractivity contribution >= 4 is 11.9 Å². The first kappa shape index (κ1) is 12.0. The summed E-state index contributed by atoms with van der Waals surface area (Å²) in [6, 6.07) is 0. The average Bonchev–Trinajstić information content (AvgIpc) is 2.18. The summed E-state index contributed by atoms with van der Waals surface area (Å²) in [4.78, 5) is 25.9. The van der Waals surface area contributed by atoms with Gasteiger partial charge in [0.1, 0.15) is 0 Å². The van der Waals surface area contributed by atoms with E-state index in [1.165, 1.54) is 19.3 Å². The van der Waals surface area contributed by atoms with Crippen molar-refractivity contribution < 1.29 is 19.5 Å². The van der Waals surface area contributed by atoms with Crippen LogP contribution in [0.3, 0.4) is 0 Å². The van der Waals surface area contributed by atoms with Crippen LogP contribution in [0.4, 0.5) is 0 Å². The van der Waals surface area contributed by atoms with Gasteiger partial charge in [0.25, 0.3) is 0 Å². The highest BCUT2D eigenvalue weighted by molar-refractivity contribution is 5.75. The van der Waals surface area contributed by atoms with Crippen LogP contribution in [0, 0.1) is 5.92 Å². The molecule has 0 aromatic carbocycles. The maximum Gasteiger partial charge on any atom is 0.332 e. The predicted molar refractivity (Wildman–Crippen MR) is 52.9 cm³/mol. The van der Waals surface area contributed by atoms with Crippen LogP contribution < -0.4 is 5.48 Å². The Morgan fingerprint density at radius 2 is 1.93 bits per heavy atom. The number of carboxylic acid groups (broad SMARTS) is 1. The van der Waals surface area contributed by atoms with Gasteiger partial charge in [-0.25, -0.2) is 10.3 Å². The van der Waals surface area contributed by atoms with Crippen LogP contribution in [0.2, 0.25) is 0 Å². The van der Waals surface area contributed by atoms with Crippen LogP contribution in [0.5, 0.6) is 0 Å². The molecule has 0 aromatic rings. The van der Waals surface area contributed by atoms with Gasteiger partial charge in [0, 0.05) is 6.42 Å². The summed E-state index contributed by atoms with van der Waals surface area (Å²) in [6.07, 6.45) is 6.26. The second kappa shape index (κ2) is 6.40. The lowest BCUT2D eigenvalue weighted by molar-refractivity contribution is -0.149. The number of carboxylic acids is 1. The summed E-state index contributed by atoms with van der Waals surface area (Å²) in [5, 5.41) is 8.27. The molecule has 1 fully saturated rings. The molecule has 15 heavy (non-hydrogen) atoms. The quantitative estimate of drug-likeness (QED) is 0.673. The van der Waals surface area contributed by atoms with Crippen molar-refractivity contribution in [2.45, 2.75) is 38.5 Å². The van der Waals surface area contributed by atoms with E-state index in [2.05, 4.69) is 10.3 Å². The minimum absolute atomic E-state index is 0.219. The lowest BCUT2D eigenvalue weighted by atomic mass is 9.87. The van der Waals surface area contributed by atoms with E-state index in [0.717, 1.165) is 12.8 Å². The van der Waals surface area contributed by atoms with Crippen LogP contribution in [-0.2, 0) is 14.4 Å². The number of aliphatic carboxylic acids is 1. The lowest BCUT2D eigenvalue weighted by Gasteiger charge is -2.20. The third kappa shape index (κ3) is 5.37. The first-order valence-electron chi connectivity index (χ1n) is 5.31. The average molecular weight is 215 g/mol.